The Hall–Kier alpha value is -3.51. The minimum Gasteiger partial charge on any atom is -0.359 e. The van der Waals surface area contributed by atoms with Gasteiger partial charge in [0.1, 0.15) is 0 Å². The average Bonchev–Trinajstić information content (AvgIpc) is 3.14. The molecule has 0 radical (unpaired) electrons. The molecule has 5 rings (SSSR count). The molecule has 0 unspecified atom stereocenters. The molecule has 1 N–H and O–H groups in total. The van der Waals surface area contributed by atoms with Gasteiger partial charge in [0, 0.05) is 17.7 Å². The normalized spacial score (nSPS) is 15.1. The fourth-order valence-electron chi connectivity index (χ4n) is 3.83. The molecule has 178 valence electrons. The van der Waals surface area contributed by atoms with Crippen molar-refractivity contribution in [1.82, 2.24) is 24.2 Å². The van der Waals surface area contributed by atoms with Crippen LogP contribution in [0, 0.1) is 13.8 Å². The van der Waals surface area contributed by atoms with Crippen molar-refractivity contribution in [3.63, 3.8) is 0 Å². The first kappa shape index (κ1) is 22.3. The van der Waals surface area contributed by atoms with Crippen molar-refractivity contribution in [3.8, 4) is 0 Å². The number of sulfonamides is 1. The summed E-state index contributed by atoms with van der Waals surface area (Å²) in [6.45, 7) is 5.16. The van der Waals surface area contributed by atoms with Crippen LogP contribution in [0.2, 0.25) is 0 Å². The molecule has 1 aromatic carbocycles. The lowest BCUT2D eigenvalue weighted by atomic mass is 10.2. The van der Waals surface area contributed by atoms with Gasteiger partial charge in [0.2, 0.25) is 10.0 Å². The first-order chi connectivity index (χ1) is 16.0. The number of fused-ring (bicyclic) bond motifs is 1. The molecular formula is C22H23N5O6S. The van der Waals surface area contributed by atoms with Gasteiger partial charge >= 0.3 is 5.69 Å². The van der Waals surface area contributed by atoms with Crippen LogP contribution in [0.15, 0.2) is 53.9 Å². The van der Waals surface area contributed by atoms with Crippen molar-refractivity contribution in [3.05, 3.63) is 74.1 Å². The summed E-state index contributed by atoms with van der Waals surface area (Å²) >= 11 is 0. The Bertz CT molecular complexity index is 1640. The van der Waals surface area contributed by atoms with E-state index < -0.39 is 26.8 Å². The van der Waals surface area contributed by atoms with Gasteiger partial charge in [0.05, 0.1) is 40.3 Å². The summed E-state index contributed by atoms with van der Waals surface area (Å²) < 4.78 is 41.4. The molecule has 0 bridgehead atoms. The maximum Gasteiger partial charge on any atom is 0.332 e. The quantitative estimate of drug-likeness (QED) is 0.417. The van der Waals surface area contributed by atoms with Crippen molar-refractivity contribution in [2.75, 3.05) is 0 Å². The molecule has 0 spiro atoms. The third-order valence-corrected chi connectivity index (χ3v) is 7.50. The van der Waals surface area contributed by atoms with Crippen LogP contribution < -0.4 is 16.0 Å². The maximum absolute atomic E-state index is 13.4. The third kappa shape index (κ3) is 4.10. The molecule has 0 amide bonds. The smallest absolute Gasteiger partial charge is 0.332 e. The van der Waals surface area contributed by atoms with E-state index in [4.69, 9.17) is 9.05 Å². The predicted octanol–water partition coefficient (Wildman–Crippen LogP) is 1.68. The molecule has 11 nitrogen and oxygen atoms in total. The second-order valence-corrected chi connectivity index (χ2v) is 10.7. The zero-order valence-corrected chi connectivity index (χ0v) is 19.7. The van der Waals surface area contributed by atoms with Gasteiger partial charge in [-0.15, -0.1) is 0 Å². The van der Waals surface area contributed by atoms with E-state index in [2.05, 4.69) is 15.0 Å². The van der Waals surface area contributed by atoms with E-state index in [9.17, 15) is 18.0 Å². The molecule has 1 aliphatic carbocycles. The van der Waals surface area contributed by atoms with Crippen LogP contribution in [0.1, 0.15) is 42.7 Å². The van der Waals surface area contributed by atoms with Gasteiger partial charge in [-0.1, -0.05) is 10.3 Å². The van der Waals surface area contributed by atoms with Gasteiger partial charge in [0.25, 0.3) is 5.56 Å². The van der Waals surface area contributed by atoms with Gasteiger partial charge in [-0.3, -0.25) is 13.9 Å². The van der Waals surface area contributed by atoms with Gasteiger partial charge in [-0.2, -0.15) is 0 Å². The lowest BCUT2D eigenvalue weighted by molar-refractivity contribution is 0.363. The predicted molar refractivity (Wildman–Crippen MR) is 121 cm³/mol. The molecule has 12 heteroatoms. The van der Waals surface area contributed by atoms with Gasteiger partial charge < -0.3 is 9.05 Å². The molecule has 0 saturated heterocycles. The number of nitrogens with zero attached hydrogens (tertiary/aromatic N) is 4. The highest BCUT2D eigenvalue weighted by Crippen LogP contribution is 2.36. The molecule has 3 aromatic heterocycles. The van der Waals surface area contributed by atoms with E-state index in [0.717, 1.165) is 17.4 Å². The first-order valence-corrected chi connectivity index (χ1v) is 12.2. The number of hydrogen-bond donors (Lipinski definition) is 1. The molecule has 3 heterocycles. The van der Waals surface area contributed by atoms with E-state index in [-0.39, 0.29) is 28.9 Å². The van der Waals surface area contributed by atoms with E-state index in [1.165, 1.54) is 22.8 Å². The molecule has 1 fully saturated rings. The van der Waals surface area contributed by atoms with Crippen LogP contribution in [0.3, 0.4) is 0 Å². The Balaban J connectivity index is 1.69. The van der Waals surface area contributed by atoms with Crippen LogP contribution in [-0.4, -0.2) is 33.4 Å². The molecule has 1 aliphatic rings. The van der Waals surface area contributed by atoms with E-state index in [0.29, 0.717) is 22.9 Å². The zero-order chi connectivity index (χ0) is 24.3. The van der Waals surface area contributed by atoms with E-state index in [1.807, 2.05) is 6.92 Å². The van der Waals surface area contributed by atoms with Crippen molar-refractivity contribution >= 4 is 20.9 Å². The minimum absolute atomic E-state index is 0.00824. The van der Waals surface area contributed by atoms with E-state index >= 15 is 0 Å². The fourth-order valence-corrected chi connectivity index (χ4v) is 5.32. The Morgan fingerprint density at radius 2 is 1.56 bits per heavy atom. The average molecular weight is 486 g/mol. The van der Waals surface area contributed by atoms with Crippen molar-refractivity contribution in [2.24, 2.45) is 0 Å². The highest BCUT2D eigenvalue weighted by atomic mass is 32.2. The summed E-state index contributed by atoms with van der Waals surface area (Å²) in [4.78, 5) is 26.7. The van der Waals surface area contributed by atoms with Crippen molar-refractivity contribution < 1.29 is 17.5 Å². The minimum atomic E-state index is -3.85. The maximum atomic E-state index is 13.4. The second kappa shape index (κ2) is 7.77. The van der Waals surface area contributed by atoms with Crippen molar-refractivity contribution in [1.29, 1.82) is 0 Å². The molecular weight excluding hydrogens is 462 g/mol. The van der Waals surface area contributed by atoms with Crippen LogP contribution >= 0.6 is 0 Å². The molecule has 1 saturated carbocycles. The highest BCUT2D eigenvalue weighted by molar-refractivity contribution is 7.89. The van der Waals surface area contributed by atoms with Gasteiger partial charge in [-0.05, 0) is 51.8 Å². The Kier molecular flexibility index (Phi) is 5.10. The zero-order valence-electron chi connectivity index (χ0n) is 18.9. The monoisotopic (exact) mass is 485 g/mol. The van der Waals surface area contributed by atoms with Crippen LogP contribution in [-0.2, 0) is 23.1 Å². The number of rotatable bonds is 7. The van der Waals surface area contributed by atoms with Gasteiger partial charge in [0.15, 0.2) is 11.5 Å². The lowest BCUT2D eigenvalue weighted by Crippen LogP contribution is -2.40. The fraction of sp³-hybridized carbons (Fsp3) is 0.364. The van der Waals surface area contributed by atoms with Crippen molar-refractivity contribution in [2.45, 2.75) is 57.1 Å². The SMILES string of the molecule is Cc1cc(Cn2c(=O)c3cc(S(=O)(=O)NC4(C)CC4)ccc3n(Cc3cc(C)no3)c2=O)on1. The molecule has 4 aromatic rings. The first-order valence-electron chi connectivity index (χ1n) is 10.7. The number of aromatic nitrogens is 4. The highest BCUT2D eigenvalue weighted by Gasteiger charge is 2.41. The second-order valence-electron chi connectivity index (χ2n) is 8.97. The molecule has 0 aliphatic heterocycles. The third-order valence-electron chi connectivity index (χ3n) is 5.87. The van der Waals surface area contributed by atoms with Crippen LogP contribution in [0.25, 0.3) is 10.9 Å². The van der Waals surface area contributed by atoms with E-state index in [1.54, 1.807) is 26.0 Å². The van der Waals surface area contributed by atoms with Crippen LogP contribution in [0.5, 0.6) is 0 Å². The number of aryl methyl sites for hydroxylation is 2. The summed E-state index contributed by atoms with van der Waals surface area (Å²) in [5.41, 5.74) is -0.166. The number of hydrogen-bond acceptors (Lipinski definition) is 8. The summed E-state index contributed by atoms with van der Waals surface area (Å²) in [5.74, 6) is 0.742. The Labute approximate surface area is 194 Å². The summed E-state index contributed by atoms with van der Waals surface area (Å²) in [6.07, 6.45) is 1.50. The summed E-state index contributed by atoms with van der Waals surface area (Å²) in [5, 5.41) is 7.73. The molecule has 0 atom stereocenters. The van der Waals surface area contributed by atoms with Gasteiger partial charge in [-0.25, -0.2) is 17.9 Å². The largest absolute Gasteiger partial charge is 0.359 e. The lowest BCUT2D eigenvalue weighted by Gasteiger charge is -2.15. The Morgan fingerprint density at radius 1 is 0.971 bits per heavy atom. The molecule has 34 heavy (non-hydrogen) atoms. The van der Waals surface area contributed by atoms with Crippen LogP contribution in [0.4, 0.5) is 0 Å². The Morgan fingerprint density at radius 3 is 2.09 bits per heavy atom. The number of nitrogens with one attached hydrogen (secondary N) is 1. The number of benzene rings is 1. The standard InChI is InChI=1S/C22H23N5O6S/c1-13-8-15(32-23-13)11-26-19-5-4-17(34(30,31)25-22(3)6-7-22)10-18(19)20(28)27(21(26)29)12-16-9-14(2)24-33-16/h4-5,8-10,25H,6-7,11-12H2,1-3H3. The summed E-state index contributed by atoms with van der Waals surface area (Å²) in [6, 6.07) is 7.47. The topological polar surface area (TPSA) is 142 Å². The summed E-state index contributed by atoms with van der Waals surface area (Å²) in [7, 11) is -3.85.